The van der Waals surface area contributed by atoms with Crippen molar-refractivity contribution < 1.29 is 9.53 Å². The maximum Gasteiger partial charge on any atom is 0.310 e. The minimum atomic E-state index is -0.317. The summed E-state index contributed by atoms with van der Waals surface area (Å²) in [5.41, 5.74) is 3.12. The number of halogens is 1. The Balaban J connectivity index is 3.15. The molecule has 0 amide bonds. The summed E-state index contributed by atoms with van der Waals surface area (Å²) in [5.74, 6) is 0.0527. The summed E-state index contributed by atoms with van der Waals surface area (Å²) < 4.78 is 4.91. The molecule has 96 valence electrons. The van der Waals surface area contributed by atoms with Gasteiger partial charge < -0.3 is 4.74 Å². The van der Waals surface area contributed by atoms with Crippen LogP contribution in [0.2, 0.25) is 0 Å². The second kappa shape index (κ2) is 7.03. The van der Waals surface area contributed by atoms with Crippen LogP contribution in [0.3, 0.4) is 0 Å². The third kappa shape index (κ3) is 3.48. The van der Waals surface area contributed by atoms with Crippen molar-refractivity contribution in [3.05, 3.63) is 34.4 Å². The Bertz CT molecular complexity index is 477. The number of nitriles is 1. The molecular formula is C14H16ClNO2. The first-order valence-electron chi connectivity index (χ1n) is 5.92. The highest BCUT2D eigenvalue weighted by molar-refractivity contribution is 6.17. The van der Waals surface area contributed by atoms with Gasteiger partial charge in [0.05, 0.1) is 24.7 Å². The maximum absolute atomic E-state index is 11.5. The highest BCUT2D eigenvalue weighted by atomic mass is 35.5. The summed E-state index contributed by atoms with van der Waals surface area (Å²) in [7, 11) is 0. The molecule has 0 fully saturated rings. The van der Waals surface area contributed by atoms with Crippen LogP contribution in [0.25, 0.3) is 0 Å². The van der Waals surface area contributed by atoms with E-state index in [-0.39, 0.29) is 12.4 Å². The summed E-state index contributed by atoms with van der Waals surface area (Å²) >= 11 is 5.82. The average Bonchev–Trinajstić information content (AvgIpc) is 2.37. The summed E-state index contributed by atoms with van der Waals surface area (Å²) in [5, 5.41) is 9.20. The lowest BCUT2D eigenvalue weighted by Gasteiger charge is -2.10. The number of aryl methyl sites for hydroxylation is 1. The lowest BCUT2D eigenvalue weighted by Crippen LogP contribution is -2.10. The van der Waals surface area contributed by atoms with Crippen LogP contribution in [0, 0.1) is 11.3 Å². The number of nitrogens with zero attached hydrogens (tertiary/aromatic N) is 1. The number of rotatable bonds is 5. The Kier molecular flexibility index (Phi) is 5.67. The van der Waals surface area contributed by atoms with Gasteiger partial charge in [0, 0.05) is 5.88 Å². The van der Waals surface area contributed by atoms with E-state index >= 15 is 0 Å². The number of hydrogen-bond donors (Lipinski definition) is 0. The topological polar surface area (TPSA) is 50.1 Å². The van der Waals surface area contributed by atoms with Gasteiger partial charge in [-0.1, -0.05) is 19.1 Å². The van der Waals surface area contributed by atoms with E-state index in [0.717, 1.165) is 17.5 Å². The molecule has 4 heteroatoms. The minimum absolute atomic E-state index is 0.120. The van der Waals surface area contributed by atoms with Gasteiger partial charge in [-0.05, 0) is 30.0 Å². The molecule has 0 atom stereocenters. The third-order valence-electron chi connectivity index (χ3n) is 2.65. The molecular weight excluding hydrogens is 250 g/mol. The van der Waals surface area contributed by atoms with Gasteiger partial charge in [-0.15, -0.1) is 11.6 Å². The summed E-state index contributed by atoms with van der Waals surface area (Å²) in [6.07, 6.45) is 0.859. The zero-order valence-corrected chi connectivity index (χ0v) is 11.4. The summed E-state index contributed by atoms with van der Waals surface area (Å²) in [6.45, 7) is 4.08. The quantitative estimate of drug-likeness (QED) is 0.607. The molecule has 1 rings (SSSR count). The summed E-state index contributed by atoms with van der Waals surface area (Å²) in [6, 6.07) is 5.89. The Hall–Kier alpha value is -1.53. The highest BCUT2D eigenvalue weighted by Gasteiger charge is 2.13. The number of carbonyl (C=O) groups is 1. The molecule has 1 aromatic carbocycles. The smallest absolute Gasteiger partial charge is 0.310 e. The Morgan fingerprint density at radius 1 is 1.39 bits per heavy atom. The first kappa shape index (κ1) is 14.5. The highest BCUT2D eigenvalue weighted by Crippen LogP contribution is 2.20. The predicted octanol–water partition coefficient (Wildman–Crippen LogP) is 2.97. The van der Waals surface area contributed by atoms with Gasteiger partial charge in [-0.25, -0.2) is 0 Å². The molecule has 0 heterocycles. The van der Waals surface area contributed by atoms with Gasteiger partial charge in [0.15, 0.2) is 0 Å². The van der Waals surface area contributed by atoms with E-state index in [1.807, 2.05) is 19.1 Å². The molecule has 0 unspecified atom stereocenters. The molecule has 0 N–H and O–H groups in total. The SMILES string of the molecule is CCOC(=O)Cc1cc(CCl)cc(CC)c1C#N. The number of hydrogen-bond acceptors (Lipinski definition) is 3. The normalized spacial score (nSPS) is 9.89. The van der Waals surface area contributed by atoms with E-state index in [2.05, 4.69) is 6.07 Å². The number of alkyl halides is 1. The van der Waals surface area contributed by atoms with E-state index in [1.54, 1.807) is 6.92 Å². The molecule has 0 aliphatic rings. The van der Waals surface area contributed by atoms with Gasteiger partial charge in [0.2, 0.25) is 0 Å². The van der Waals surface area contributed by atoms with Crippen LogP contribution in [0.5, 0.6) is 0 Å². The monoisotopic (exact) mass is 265 g/mol. The number of carbonyl (C=O) groups excluding carboxylic acids is 1. The van der Waals surface area contributed by atoms with Crippen LogP contribution < -0.4 is 0 Å². The van der Waals surface area contributed by atoms with Crippen LogP contribution in [0.1, 0.15) is 36.1 Å². The molecule has 0 aromatic heterocycles. The molecule has 0 aliphatic carbocycles. The fourth-order valence-electron chi connectivity index (χ4n) is 1.85. The van der Waals surface area contributed by atoms with Crippen LogP contribution in [-0.4, -0.2) is 12.6 Å². The molecule has 0 bridgehead atoms. The van der Waals surface area contributed by atoms with Crippen molar-refractivity contribution in [1.82, 2.24) is 0 Å². The fourth-order valence-corrected chi connectivity index (χ4v) is 2.00. The van der Waals surface area contributed by atoms with Gasteiger partial charge in [-0.3, -0.25) is 4.79 Å². The van der Waals surface area contributed by atoms with Crippen molar-refractivity contribution in [1.29, 1.82) is 5.26 Å². The molecule has 18 heavy (non-hydrogen) atoms. The van der Waals surface area contributed by atoms with Gasteiger partial charge in [0.1, 0.15) is 0 Å². The van der Waals surface area contributed by atoms with Crippen LogP contribution >= 0.6 is 11.6 Å². The van der Waals surface area contributed by atoms with E-state index in [0.29, 0.717) is 23.6 Å². The van der Waals surface area contributed by atoms with E-state index in [4.69, 9.17) is 16.3 Å². The Morgan fingerprint density at radius 3 is 2.56 bits per heavy atom. The van der Waals surface area contributed by atoms with Crippen LogP contribution in [-0.2, 0) is 28.3 Å². The van der Waals surface area contributed by atoms with Crippen molar-refractivity contribution in [2.75, 3.05) is 6.61 Å². The lowest BCUT2D eigenvalue weighted by atomic mass is 9.95. The van der Waals surface area contributed by atoms with E-state index in [1.165, 1.54) is 0 Å². The fraction of sp³-hybridized carbons (Fsp3) is 0.429. The molecule has 0 aliphatic heterocycles. The van der Waals surface area contributed by atoms with E-state index in [9.17, 15) is 10.1 Å². The van der Waals surface area contributed by atoms with Crippen molar-refractivity contribution in [2.45, 2.75) is 32.6 Å². The molecule has 3 nitrogen and oxygen atoms in total. The molecule has 1 aromatic rings. The maximum atomic E-state index is 11.5. The molecule has 0 saturated heterocycles. The van der Waals surface area contributed by atoms with Crippen molar-refractivity contribution in [2.24, 2.45) is 0 Å². The first-order valence-corrected chi connectivity index (χ1v) is 6.46. The lowest BCUT2D eigenvalue weighted by molar-refractivity contribution is -0.142. The molecule has 0 radical (unpaired) electrons. The minimum Gasteiger partial charge on any atom is -0.466 e. The van der Waals surface area contributed by atoms with Gasteiger partial charge in [-0.2, -0.15) is 5.26 Å². The summed E-state index contributed by atoms with van der Waals surface area (Å²) in [4.78, 5) is 11.5. The van der Waals surface area contributed by atoms with Crippen molar-refractivity contribution in [3.8, 4) is 6.07 Å². The molecule has 0 spiro atoms. The second-order valence-electron chi connectivity index (χ2n) is 3.87. The van der Waals surface area contributed by atoms with Gasteiger partial charge in [0.25, 0.3) is 0 Å². The first-order chi connectivity index (χ1) is 8.65. The zero-order valence-electron chi connectivity index (χ0n) is 10.6. The number of esters is 1. The predicted molar refractivity (Wildman–Crippen MR) is 70.4 cm³/mol. The Labute approximate surface area is 112 Å². The second-order valence-corrected chi connectivity index (χ2v) is 4.14. The Morgan fingerprint density at radius 2 is 2.06 bits per heavy atom. The van der Waals surface area contributed by atoms with Crippen LogP contribution in [0.4, 0.5) is 0 Å². The average molecular weight is 266 g/mol. The largest absolute Gasteiger partial charge is 0.466 e. The van der Waals surface area contributed by atoms with Gasteiger partial charge >= 0.3 is 5.97 Å². The third-order valence-corrected chi connectivity index (χ3v) is 2.96. The number of ether oxygens (including phenoxy) is 1. The zero-order chi connectivity index (χ0) is 13.5. The standard InChI is InChI=1S/C14H16ClNO2/c1-3-11-5-10(8-15)6-12(13(11)9-16)7-14(17)18-4-2/h5-6H,3-4,7-8H2,1-2H3. The van der Waals surface area contributed by atoms with Crippen molar-refractivity contribution in [3.63, 3.8) is 0 Å². The number of benzene rings is 1. The van der Waals surface area contributed by atoms with Crippen LogP contribution in [0.15, 0.2) is 12.1 Å². The van der Waals surface area contributed by atoms with E-state index < -0.39 is 0 Å². The molecule has 0 saturated carbocycles. The van der Waals surface area contributed by atoms with Crippen molar-refractivity contribution >= 4 is 17.6 Å².